The first-order valence-electron chi connectivity index (χ1n) is 6.31. The average Bonchev–Trinajstić information content (AvgIpc) is 2.71. The molecule has 21 heavy (non-hydrogen) atoms. The maximum absolute atomic E-state index is 12.6. The van der Waals surface area contributed by atoms with Crippen molar-refractivity contribution in [3.8, 4) is 0 Å². The molecule has 0 aromatic carbocycles. The predicted octanol–water partition coefficient (Wildman–Crippen LogP) is 2.55. The van der Waals surface area contributed by atoms with Crippen LogP contribution in [-0.2, 0) is 15.6 Å². The van der Waals surface area contributed by atoms with Crippen LogP contribution < -0.4 is 0 Å². The molecule has 1 rings (SSSR count). The molecule has 0 unspecified atom stereocenters. The van der Waals surface area contributed by atoms with Crippen LogP contribution in [0.1, 0.15) is 31.3 Å². The number of alkyl halides is 2. The third-order valence-corrected chi connectivity index (χ3v) is 4.25. The minimum Gasteiger partial charge on any atom is -0.336 e. The van der Waals surface area contributed by atoms with Gasteiger partial charge in [-0.05, 0) is 26.8 Å². The van der Waals surface area contributed by atoms with E-state index >= 15 is 0 Å². The van der Waals surface area contributed by atoms with Gasteiger partial charge in [0.05, 0.1) is 6.54 Å². The first kappa shape index (κ1) is 17.9. The first-order valence-corrected chi connectivity index (χ1v) is 8.62. The zero-order valence-electron chi connectivity index (χ0n) is 11.9. The van der Waals surface area contributed by atoms with E-state index in [-0.39, 0.29) is 16.6 Å². The summed E-state index contributed by atoms with van der Waals surface area (Å²) in [5, 5.41) is 0. The van der Waals surface area contributed by atoms with Crippen LogP contribution in [0.25, 0.3) is 0 Å². The van der Waals surface area contributed by atoms with Crippen LogP contribution in [0.15, 0.2) is 17.2 Å². The van der Waals surface area contributed by atoms with E-state index in [1.807, 2.05) is 0 Å². The third-order valence-electron chi connectivity index (χ3n) is 2.93. The molecule has 5 nitrogen and oxygen atoms in total. The number of carbonyl (C=O) groups excluding carboxylic acids is 1. The highest BCUT2D eigenvalue weighted by molar-refractivity contribution is 8.13. The zero-order chi connectivity index (χ0) is 16.4. The van der Waals surface area contributed by atoms with Crippen LogP contribution in [0.3, 0.4) is 0 Å². The standard InChI is InChI=1S/C12H17ClF2N2O3S/c1-4-17(8(2)3)12(18)10-5-9(21(13,19)20)6-16(10)7-11(14)15/h5-6,8,11H,4,7H2,1-3H3. The molecule has 1 aromatic rings. The molecule has 0 N–H and O–H groups in total. The Kier molecular flexibility index (Phi) is 5.75. The van der Waals surface area contributed by atoms with Gasteiger partial charge in [-0.1, -0.05) is 0 Å². The summed E-state index contributed by atoms with van der Waals surface area (Å²) in [4.78, 5) is 13.5. The molecule has 0 aliphatic heterocycles. The number of amides is 1. The van der Waals surface area contributed by atoms with E-state index in [9.17, 15) is 22.0 Å². The number of nitrogens with zero attached hydrogens (tertiary/aromatic N) is 2. The van der Waals surface area contributed by atoms with Gasteiger partial charge in [-0.15, -0.1) is 0 Å². The van der Waals surface area contributed by atoms with Crippen molar-refractivity contribution >= 4 is 25.6 Å². The van der Waals surface area contributed by atoms with Gasteiger partial charge in [0.1, 0.15) is 10.6 Å². The van der Waals surface area contributed by atoms with E-state index in [2.05, 4.69) is 0 Å². The molecule has 0 fully saturated rings. The molecule has 0 aliphatic rings. The summed E-state index contributed by atoms with van der Waals surface area (Å²) in [6.45, 7) is 4.90. The van der Waals surface area contributed by atoms with Crippen molar-refractivity contribution < 1.29 is 22.0 Å². The normalized spacial score (nSPS) is 12.2. The quantitative estimate of drug-likeness (QED) is 0.746. The maximum atomic E-state index is 12.6. The Balaban J connectivity index is 3.32. The molecule has 0 saturated heterocycles. The number of carbonyl (C=O) groups is 1. The Morgan fingerprint density at radius 2 is 2.00 bits per heavy atom. The van der Waals surface area contributed by atoms with Crippen LogP contribution in [-0.4, -0.2) is 42.8 Å². The highest BCUT2D eigenvalue weighted by Gasteiger charge is 2.25. The third kappa shape index (κ3) is 4.41. The summed E-state index contributed by atoms with van der Waals surface area (Å²) >= 11 is 0. The Bertz CT molecular complexity index is 614. The lowest BCUT2D eigenvalue weighted by Crippen LogP contribution is -2.37. The molecular weight excluding hydrogens is 326 g/mol. The lowest BCUT2D eigenvalue weighted by Gasteiger charge is -2.25. The van der Waals surface area contributed by atoms with Crippen LogP contribution in [0, 0.1) is 0 Å². The molecule has 1 heterocycles. The van der Waals surface area contributed by atoms with Gasteiger partial charge >= 0.3 is 0 Å². The second-order valence-electron chi connectivity index (χ2n) is 4.73. The highest BCUT2D eigenvalue weighted by Crippen LogP contribution is 2.21. The fraction of sp³-hybridized carbons (Fsp3) is 0.583. The molecule has 0 atom stereocenters. The minimum absolute atomic E-state index is 0.120. The summed E-state index contributed by atoms with van der Waals surface area (Å²) in [5.41, 5.74) is -0.120. The van der Waals surface area contributed by atoms with E-state index < -0.39 is 27.9 Å². The lowest BCUT2D eigenvalue weighted by atomic mass is 10.2. The van der Waals surface area contributed by atoms with Crippen molar-refractivity contribution in [1.29, 1.82) is 0 Å². The van der Waals surface area contributed by atoms with E-state index in [1.54, 1.807) is 20.8 Å². The van der Waals surface area contributed by atoms with Gasteiger partial charge in [-0.25, -0.2) is 17.2 Å². The second kappa shape index (κ2) is 6.74. The fourth-order valence-electron chi connectivity index (χ4n) is 1.99. The van der Waals surface area contributed by atoms with Crippen molar-refractivity contribution in [1.82, 2.24) is 9.47 Å². The number of rotatable bonds is 6. The Labute approximate surface area is 126 Å². The van der Waals surface area contributed by atoms with Gasteiger partial charge in [0, 0.05) is 29.5 Å². The summed E-state index contributed by atoms with van der Waals surface area (Å²) in [6.07, 6.45) is -1.76. The lowest BCUT2D eigenvalue weighted by molar-refractivity contribution is 0.0696. The largest absolute Gasteiger partial charge is 0.336 e. The maximum Gasteiger partial charge on any atom is 0.270 e. The smallest absolute Gasteiger partial charge is 0.270 e. The van der Waals surface area contributed by atoms with Gasteiger partial charge in [0.25, 0.3) is 21.4 Å². The molecule has 1 aromatic heterocycles. The van der Waals surface area contributed by atoms with Crippen molar-refractivity contribution in [2.75, 3.05) is 6.54 Å². The van der Waals surface area contributed by atoms with Crippen LogP contribution in [0.4, 0.5) is 8.78 Å². The fourth-order valence-corrected chi connectivity index (χ4v) is 2.74. The van der Waals surface area contributed by atoms with Gasteiger partial charge in [-0.2, -0.15) is 0 Å². The van der Waals surface area contributed by atoms with Gasteiger partial charge in [0.15, 0.2) is 0 Å². The van der Waals surface area contributed by atoms with E-state index in [4.69, 9.17) is 10.7 Å². The molecule has 0 radical (unpaired) electrons. The Morgan fingerprint density at radius 1 is 1.43 bits per heavy atom. The van der Waals surface area contributed by atoms with Crippen LogP contribution in [0.2, 0.25) is 0 Å². The average molecular weight is 343 g/mol. The summed E-state index contributed by atoms with van der Waals surface area (Å²) in [7, 11) is 1.12. The minimum atomic E-state index is -4.09. The highest BCUT2D eigenvalue weighted by atomic mass is 35.7. The van der Waals surface area contributed by atoms with Crippen molar-refractivity contribution in [2.24, 2.45) is 0 Å². The van der Waals surface area contributed by atoms with Crippen LogP contribution >= 0.6 is 10.7 Å². The zero-order valence-corrected chi connectivity index (χ0v) is 13.5. The molecule has 0 spiro atoms. The van der Waals surface area contributed by atoms with Gasteiger partial charge in [0.2, 0.25) is 0 Å². The summed E-state index contributed by atoms with van der Waals surface area (Å²) < 4.78 is 48.7. The number of aromatic nitrogens is 1. The van der Waals surface area contributed by atoms with Gasteiger partial charge < -0.3 is 9.47 Å². The van der Waals surface area contributed by atoms with Crippen molar-refractivity contribution in [3.63, 3.8) is 0 Å². The molecule has 0 aliphatic carbocycles. The molecule has 9 heteroatoms. The van der Waals surface area contributed by atoms with Crippen molar-refractivity contribution in [2.45, 2.75) is 44.7 Å². The topological polar surface area (TPSA) is 59.4 Å². The number of halogens is 3. The molecular formula is C12H17ClF2N2O3S. The molecule has 120 valence electrons. The Morgan fingerprint density at radius 3 is 2.38 bits per heavy atom. The number of hydrogen-bond donors (Lipinski definition) is 0. The molecule has 0 bridgehead atoms. The first-order chi connectivity index (χ1) is 9.57. The Hall–Kier alpha value is -1.15. The van der Waals surface area contributed by atoms with E-state index in [1.165, 1.54) is 4.90 Å². The predicted molar refractivity (Wildman–Crippen MR) is 75.3 cm³/mol. The SMILES string of the molecule is CCN(C(=O)c1cc(S(=O)(=O)Cl)cn1CC(F)F)C(C)C. The van der Waals surface area contributed by atoms with Crippen molar-refractivity contribution in [3.05, 3.63) is 18.0 Å². The van der Waals surface area contributed by atoms with Crippen LogP contribution in [0.5, 0.6) is 0 Å². The van der Waals surface area contributed by atoms with Gasteiger partial charge in [-0.3, -0.25) is 4.79 Å². The summed E-state index contributed by atoms with van der Waals surface area (Å²) in [6, 6.07) is 0.881. The van der Waals surface area contributed by atoms with E-state index in [0.717, 1.165) is 16.8 Å². The number of hydrogen-bond acceptors (Lipinski definition) is 3. The monoisotopic (exact) mass is 342 g/mol. The molecule has 0 saturated carbocycles. The summed E-state index contributed by atoms with van der Waals surface area (Å²) in [5.74, 6) is -0.514. The van der Waals surface area contributed by atoms with E-state index in [0.29, 0.717) is 6.54 Å². The molecule has 1 amide bonds. The second-order valence-corrected chi connectivity index (χ2v) is 7.29.